The highest BCUT2D eigenvalue weighted by atomic mass is 15.2. The summed E-state index contributed by atoms with van der Waals surface area (Å²) in [7, 11) is 2.27. The molecule has 0 bridgehead atoms. The van der Waals surface area contributed by atoms with E-state index in [1.165, 1.54) is 42.7 Å². The summed E-state index contributed by atoms with van der Waals surface area (Å²) in [5.41, 5.74) is 5.75. The molecule has 2 aliphatic rings. The molecule has 1 aromatic heterocycles. The van der Waals surface area contributed by atoms with Gasteiger partial charge >= 0.3 is 0 Å². The molecular weight excluding hydrogens is 294 g/mol. The van der Waals surface area contributed by atoms with Crippen LogP contribution in [0.1, 0.15) is 35.4 Å². The SMILES string of the molecule is Cc1ccc2c(c1)[C@H]1CN(C)CCC[C@@H]1N2CCc1cccnc1. The Hall–Kier alpha value is -1.87. The highest BCUT2D eigenvalue weighted by molar-refractivity contribution is 5.63. The van der Waals surface area contributed by atoms with Gasteiger partial charge < -0.3 is 9.80 Å². The molecule has 2 aromatic rings. The van der Waals surface area contributed by atoms with Crippen LogP contribution in [0, 0.1) is 6.92 Å². The molecule has 24 heavy (non-hydrogen) atoms. The molecular formula is C21H27N3. The number of pyridine rings is 1. The smallest absolute Gasteiger partial charge is 0.0405 e. The molecule has 3 nitrogen and oxygen atoms in total. The lowest BCUT2D eigenvalue weighted by Crippen LogP contribution is -2.37. The molecule has 1 fully saturated rings. The summed E-state index contributed by atoms with van der Waals surface area (Å²) in [6, 6.07) is 11.9. The van der Waals surface area contributed by atoms with E-state index in [1.807, 2.05) is 18.5 Å². The molecule has 126 valence electrons. The average Bonchev–Trinajstić information content (AvgIpc) is 2.73. The largest absolute Gasteiger partial charge is 0.367 e. The van der Waals surface area contributed by atoms with Gasteiger partial charge in [0.15, 0.2) is 0 Å². The summed E-state index contributed by atoms with van der Waals surface area (Å²) in [6.07, 6.45) is 7.53. The Morgan fingerprint density at radius 2 is 2.17 bits per heavy atom. The number of likely N-dealkylation sites (tertiary alicyclic amines) is 1. The van der Waals surface area contributed by atoms with Gasteiger partial charge in [0.05, 0.1) is 0 Å². The van der Waals surface area contributed by atoms with E-state index in [2.05, 4.69) is 53.0 Å². The Bertz CT molecular complexity index is 697. The van der Waals surface area contributed by atoms with Crippen LogP contribution in [0.4, 0.5) is 5.69 Å². The number of anilines is 1. The lowest BCUT2D eigenvalue weighted by atomic mass is 9.92. The van der Waals surface area contributed by atoms with E-state index >= 15 is 0 Å². The Labute approximate surface area is 145 Å². The van der Waals surface area contributed by atoms with Crippen LogP contribution < -0.4 is 4.90 Å². The molecule has 0 N–H and O–H groups in total. The van der Waals surface area contributed by atoms with Crippen LogP contribution in [0.25, 0.3) is 0 Å². The molecule has 0 amide bonds. The van der Waals surface area contributed by atoms with Crippen LogP contribution in [0.15, 0.2) is 42.7 Å². The number of benzene rings is 1. The van der Waals surface area contributed by atoms with Crippen molar-refractivity contribution in [2.24, 2.45) is 0 Å². The molecule has 3 heteroatoms. The number of rotatable bonds is 3. The monoisotopic (exact) mass is 321 g/mol. The van der Waals surface area contributed by atoms with E-state index in [9.17, 15) is 0 Å². The molecule has 1 aromatic carbocycles. The molecule has 0 spiro atoms. The standard InChI is InChI=1S/C21H27N3/c1-16-7-8-21-18(13-16)19-15-23(2)11-4-6-20(19)24(21)12-9-17-5-3-10-22-14-17/h3,5,7-8,10,13-14,19-20H,4,6,9,11-12,15H2,1-2H3/t19-,20+/m1/s1. The third-order valence-corrected chi connectivity index (χ3v) is 5.67. The highest BCUT2D eigenvalue weighted by Crippen LogP contribution is 2.44. The molecule has 3 heterocycles. The van der Waals surface area contributed by atoms with Crippen LogP contribution in [0.2, 0.25) is 0 Å². The number of aromatic nitrogens is 1. The molecule has 2 atom stereocenters. The molecule has 2 aliphatic heterocycles. The van der Waals surface area contributed by atoms with Crippen molar-refractivity contribution < 1.29 is 0 Å². The summed E-state index contributed by atoms with van der Waals surface area (Å²) in [5, 5.41) is 0. The van der Waals surface area contributed by atoms with E-state index < -0.39 is 0 Å². The zero-order valence-electron chi connectivity index (χ0n) is 14.8. The lowest BCUT2D eigenvalue weighted by molar-refractivity contribution is 0.330. The maximum Gasteiger partial charge on any atom is 0.0405 e. The molecule has 0 unspecified atom stereocenters. The Morgan fingerprint density at radius 1 is 1.25 bits per heavy atom. The first kappa shape index (κ1) is 15.6. The van der Waals surface area contributed by atoms with E-state index in [-0.39, 0.29) is 0 Å². The minimum Gasteiger partial charge on any atom is -0.367 e. The summed E-state index contributed by atoms with van der Waals surface area (Å²) in [5.74, 6) is 0.654. The second kappa shape index (κ2) is 6.56. The van der Waals surface area contributed by atoms with E-state index in [4.69, 9.17) is 0 Å². The number of nitrogens with zero attached hydrogens (tertiary/aromatic N) is 3. The van der Waals surface area contributed by atoms with Gasteiger partial charge in [0.25, 0.3) is 0 Å². The average molecular weight is 321 g/mol. The predicted octanol–water partition coefficient (Wildman–Crippen LogP) is 3.63. The van der Waals surface area contributed by atoms with Crippen molar-refractivity contribution in [3.63, 3.8) is 0 Å². The topological polar surface area (TPSA) is 19.4 Å². The van der Waals surface area contributed by atoms with Crippen LogP contribution in [0.5, 0.6) is 0 Å². The van der Waals surface area contributed by atoms with Gasteiger partial charge in [0, 0.05) is 43.1 Å². The number of hydrogen-bond donors (Lipinski definition) is 0. The molecule has 0 radical (unpaired) electrons. The Kier molecular flexibility index (Phi) is 4.28. The second-order valence-electron chi connectivity index (χ2n) is 7.45. The molecule has 4 rings (SSSR count). The quantitative estimate of drug-likeness (QED) is 0.860. The zero-order valence-corrected chi connectivity index (χ0v) is 14.8. The fraction of sp³-hybridized carbons (Fsp3) is 0.476. The molecule has 0 saturated carbocycles. The zero-order chi connectivity index (χ0) is 16.5. The Morgan fingerprint density at radius 3 is 3.00 bits per heavy atom. The van der Waals surface area contributed by atoms with Crippen molar-refractivity contribution in [3.05, 3.63) is 59.4 Å². The van der Waals surface area contributed by atoms with Crippen molar-refractivity contribution in [2.45, 2.75) is 38.1 Å². The van der Waals surface area contributed by atoms with Crippen molar-refractivity contribution >= 4 is 5.69 Å². The van der Waals surface area contributed by atoms with Gasteiger partial charge in [0.2, 0.25) is 0 Å². The van der Waals surface area contributed by atoms with Gasteiger partial charge in [-0.05, 0) is 63.0 Å². The van der Waals surface area contributed by atoms with Gasteiger partial charge in [0.1, 0.15) is 0 Å². The van der Waals surface area contributed by atoms with Crippen molar-refractivity contribution in [1.82, 2.24) is 9.88 Å². The van der Waals surface area contributed by atoms with Gasteiger partial charge in [-0.3, -0.25) is 4.98 Å². The maximum absolute atomic E-state index is 4.27. The normalized spacial score (nSPS) is 23.7. The van der Waals surface area contributed by atoms with Crippen molar-refractivity contribution in [1.29, 1.82) is 0 Å². The van der Waals surface area contributed by atoms with Gasteiger partial charge in [-0.1, -0.05) is 23.8 Å². The van der Waals surface area contributed by atoms with E-state index in [0.29, 0.717) is 12.0 Å². The fourth-order valence-electron chi connectivity index (χ4n) is 4.49. The number of likely N-dealkylation sites (N-methyl/N-ethyl adjacent to an activating group) is 1. The third kappa shape index (κ3) is 2.93. The first-order valence-electron chi connectivity index (χ1n) is 9.17. The minimum absolute atomic E-state index is 0.654. The van der Waals surface area contributed by atoms with Crippen molar-refractivity contribution in [3.8, 4) is 0 Å². The van der Waals surface area contributed by atoms with Crippen LogP contribution in [-0.4, -0.2) is 42.6 Å². The van der Waals surface area contributed by atoms with Gasteiger partial charge in [-0.15, -0.1) is 0 Å². The van der Waals surface area contributed by atoms with Crippen molar-refractivity contribution in [2.75, 3.05) is 31.6 Å². The highest BCUT2D eigenvalue weighted by Gasteiger charge is 2.39. The van der Waals surface area contributed by atoms with Crippen LogP contribution in [0.3, 0.4) is 0 Å². The maximum atomic E-state index is 4.27. The Balaban J connectivity index is 1.63. The van der Waals surface area contributed by atoms with Gasteiger partial charge in [-0.25, -0.2) is 0 Å². The molecule has 1 saturated heterocycles. The second-order valence-corrected chi connectivity index (χ2v) is 7.45. The first-order valence-corrected chi connectivity index (χ1v) is 9.17. The summed E-state index contributed by atoms with van der Waals surface area (Å²) in [6.45, 7) is 5.72. The van der Waals surface area contributed by atoms with Crippen LogP contribution in [-0.2, 0) is 6.42 Å². The molecule has 0 aliphatic carbocycles. The number of hydrogen-bond acceptors (Lipinski definition) is 3. The van der Waals surface area contributed by atoms with Gasteiger partial charge in [-0.2, -0.15) is 0 Å². The van der Waals surface area contributed by atoms with E-state index in [0.717, 1.165) is 13.0 Å². The lowest BCUT2D eigenvalue weighted by Gasteiger charge is -2.29. The summed E-state index contributed by atoms with van der Waals surface area (Å²) < 4.78 is 0. The van der Waals surface area contributed by atoms with E-state index in [1.54, 1.807) is 5.56 Å². The third-order valence-electron chi connectivity index (χ3n) is 5.67. The minimum atomic E-state index is 0.654. The fourth-order valence-corrected chi connectivity index (χ4v) is 4.49. The summed E-state index contributed by atoms with van der Waals surface area (Å²) >= 11 is 0. The number of fused-ring (bicyclic) bond motifs is 3. The van der Waals surface area contributed by atoms with Crippen LogP contribution >= 0.6 is 0 Å². The first-order chi connectivity index (χ1) is 11.7. The predicted molar refractivity (Wildman–Crippen MR) is 99.7 cm³/mol. The summed E-state index contributed by atoms with van der Waals surface area (Å²) in [4.78, 5) is 9.47. The number of aryl methyl sites for hydroxylation is 1.